The molecule has 1 aromatic heterocycles. The van der Waals surface area contributed by atoms with Gasteiger partial charge in [0.1, 0.15) is 5.82 Å². The Balaban J connectivity index is 1.80. The summed E-state index contributed by atoms with van der Waals surface area (Å²) >= 11 is 2.91. The molecule has 1 aromatic carbocycles. The lowest BCUT2D eigenvalue weighted by molar-refractivity contribution is -0.131. The first-order valence-electron chi connectivity index (χ1n) is 6.83. The Morgan fingerprint density at radius 1 is 1.41 bits per heavy atom. The number of aliphatic hydroxyl groups is 1. The molecule has 22 heavy (non-hydrogen) atoms. The number of aromatic nitrogens is 1. The van der Waals surface area contributed by atoms with Gasteiger partial charge >= 0.3 is 0 Å². The summed E-state index contributed by atoms with van der Waals surface area (Å²) in [7, 11) is 0. The second-order valence-corrected chi connectivity index (χ2v) is 7.53. The van der Waals surface area contributed by atoms with Gasteiger partial charge in [0, 0.05) is 16.2 Å². The molecule has 2 heterocycles. The van der Waals surface area contributed by atoms with Crippen LogP contribution < -0.4 is 5.32 Å². The first kappa shape index (κ1) is 15.5. The van der Waals surface area contributed by atoms with E-state index in [-0.39, 0.29) is 5.82 Å². The average molecular weight is 338 g/mol. The molecule has 0 spiro atoms. The van der Waals surface area contributed by atoms with Gasteiger partial charge in [-0.15, -0.1) is 11.3 Å². The summed E-state index contributed by atoms with van der Waals surface area (Å²) in [5.74, 6) is 0.485. The summed E-state index contributed by atoms with van der Waals surface area (Å²) in [5, 5.41) is 13.4. The second kappa shape index (κ2) is 5.98. The molecule has 1 fully saturated rings. The summed E-state index contributed by atoms with van der Waals surface area (Å²) in [4.78, 5) is 17.5. The Labute approximate surface area is 135 Å². The van der Waals surface area contributed by atoms with Gasteiger partial charge in [0.25, 0.3) is 5.91 Å². The maximum atomic E-state index is 13.0. The number of hydrogen-bond acceptors (Lipinski definition) is 5. The molecule has 116 valence electrons. The summed E-state index contributed by atoms with van der Waals surface area (Å²) in [6.45, 7) is 1.89. The molecule has 0 saturated carbocycles. The number of amides is 1. The average Bonchev–Trinajstić information content (AvgIpc) is 3.07. The van der Waals surface area contributed by atoms with Gasteiger partial charge in [0.05, 0.1) is 5.69 Å². The zero-order chi connectivity index (χ0) is 15.7. The highest BCUT2D eigenvalue weighted by Gasteiger charge is 2.39. The summed E-state index contributed by atoms with van der Waals surface area (Å²) < 4.78 is 13.0. The molecule has 1 unspecified atom stereocenters. The highest BCUT2D eigenvalue weighted by atomic mass is 32.2. The zero-order valence-corrected chi connectivity index (χ0v) is 13.6. The van der Waals surface area contributed by atoms with Crippen molar-refractivity contribution in [3.63, 3.8) is 0 Å². The minimum atomic E-state index is -1.31. The Kier molecular flexibility index (Phi) is 4.20. The van der Waals surface area contributed by atoms with Crippen LogP contribution in [0.15, 0.2) is 24.3 Å². The molecule has 1 aliphatic heterocycles. The van der Waals surface area contributed by atoms with Gasteiger partial charge in [-0.05, 0) is 43.4 Å². The number of carbonyl (C=O) groups is 1. The van der Waals surface area contributed by atoms with Crippen LogP contribution in [0.3, 0.4) is 0 Å². The third kappa shape index (κ3) is 3.02. The van der Waals surface area contributed by atoms with Crippen molar-refractivity contribution in [3.05, 3.63) is 35.0 Å². The minimum absolute atomic E-state index is 0.300. The van der Waals surface area contributed by atoms with Crippen molar-refractivity contribution in [3.8, 4) is 11.3 Å². The van der Waals surface area contributed by atoms with Crippen molar-refractivity contribution in [2.75, 3.05) is 16.8 Å². The van der Waals surface area contributed by atoms with E-state index in [2.05, 4.69) is 10.3 Å². The molecular formula is C15H15FN2O2S2. The molecule has 7 heteroatoms. The van der Waals surface area contributed by atoms with E-state index in [1.165, 1.54) is 23.5 Å². The van der Waals surface area contributed by atoms with E-state index < -0.39 is 11.5 Å². The topological polar surface area (TPSA) is 62.2 Å². The van der Waals surface area contributed by atoms with E-state index in [1.54, 1.807) is 23.9 Å². The normalized spacial score (nSPS) is 21.0. The van der Waals surface area contributed by atoms with Crippen LogP contribution >= 0.6 is 23.1 Å². The SMILES string of the molecule is Cc1sc(NC(=O)C2(O)CCSC2)nc1-c1ccc(F)cc1. The van der Waals surface area contributed by atoms with E-state index in [1.807, 2.05) is 6.92 Å². The summed E-state index contributed by atoms with van der Waals surface area (Å²) in [6, 6.07) is 6.07. The van der Waals surface area contributed by atoms with Crippen LogP contribution in [0.5, 0.6) is 0 Å². The minimum Gasteiger partial charge on any atom is -0.379 e. The summed E-state index contributed by atoms with van der Waals surface area (Å²) in [6.07, 6.45) is 0.457. The Bertz CT molecular complexity index is 694. The monoisotopic (exact) mass is 338 g/mol. The third-order valence-corrected chi connectivity index (χ3v) is 5.62. The number of rotatable bonds is 3. The van der Waals surface area contributed by atoms with Crippen molar-refractivity contribution in [1.82, 2.24) is 4.98 Å². The molecule has 3 rings (SSSR count). The van der Waals surface area contributed by atoms with Crippen molar-refractivity contribution in [2.24, 2.45) is 0 Å². The molecule has 1 saturated heterocycles. The maximum Gasteiger partial charge on any atom is 0.259 e. The fourth-order valence-corrected chi connectivity index (χ4v) is 4.34. The van der Waals surface area contributed by atoms with Gasteiger partial charge in [-0.1, -0.05) is 0 Å². The van der Waals surface area contributed by atoms with Crippen molar-refractivity contribution in [2.45, 2.75) is 18.9 Å². The molecule has 4 nitrogen and oxygen atoms in total. The Morgan fingerprint density at radius 2 is 2.14 bits per heavy atom. The number of nitrogens with zero attached hydrogens (tertiary/aromatic N) is 1. The van der Waals surface area contributed by atoms with Gasteiger partial charge < -0.3 is 5.11 Å². The second-order valence-electron chi connectivity index (χ2n) is 5.22. The number of halogens is 1. The third-order valence-electron chi connectivity index (χ3n) is 3.56. The Hall–Kier alpha value is -1.44. The first-order chi connectivity index (χ1) is 10.5. The van der Waals surface area contributed by atoms with Crippen LogP contribution in [-0.4, -0.2) is 33.1 Å². The molecular weight excluding hydrogens is 323 g/mol. The number of hydrogen-bond donors (Lipinski definition) is 2. The van der Waals surface area contributed by atoms with Crippen LogP contribution in [0.2, 0.25) is 0 Å². The van der Waals surface area contributed by atoms with Gasteiger partial charge in [-0.25, -0.2) is 9.37 Å². The van der Waals surface area contributed by atoms with E-state index in [0.717, 1.165) is 16.2 Å². The number of thioether (sulfide) groups is 1. The summed E-state index contributed by atoms with van der Waals surface area (Å²) in [5.41, 5.74) is 0.208. The predicted octanol–water partition coefficient (Wildman–Crippen LogP) is 3.06. The van der Waals surface area contributed by atoms with Crippen LogP contribution in [0.25, 0.3) is 11.3 Å². The highest BCUT2D eigenvalue weighted by molar-refractivity contribution is 7.99. The number of aryl methyl sites for hydroxylation is 1. The molecule has 1 amide bonds. The molecule has 1 aliphatic rings. The lowest BCUT2D eigenvalue weighted by atomic mass is 10.0. The largest absolute Gasteiger partial charge is 0.379 e. The fourth-order valence-electron chi connectivity index (χ4n) is 2.27. The lowest BCUT2D eigenvalue weighted by Crippen LogP contribution is -2.42. The first-order valence-corrected chi connectivity index (χ1v) is 8.80. The van der Waals surface area contributed by atoms with E-state index in [9.17, 15) is 14.3 Å². The van der Waals surface area contributed by atoms with Crippen molar-refractivity contribution < 1.29 is 14.3 Å². The number of anilines is 1. The number of carbonyl (C=O) groups excluding carboxylic acids is 1. The quantitative estimate of drug-likeness (QED) is 0.903. The molecule has 0 radical (unpaired) electrons. The molecule has 2 aromatic rings. The van der Waals surface area contributed by atoms with Crippen LogP contribution in [0.1, 0.15) is 11.3 Å². The molecule has 0 bridgehead atoms. The van der Waals surface area contributed by atoms with Crippen LogP contribution in [0, 0.1) is 12.7 Å². The number of thiazole rings is 1. The molecule has 2 N–H and O–H groups in total. The Morgan fingerprint density at radius 3 is 2.77 bits per heavy atom. The van der Waals surface area contributed by atoms with E-state index in [0.29, 0.717) is 23.0 Å². The van der Waals surface area contributed by atoms with E-state index in [4.69, 9.17) is 0 Å². The predicted molar refractivity (Wildman–Crippen MR) is 87.8 cm³/mol. The molecule has 1 atom stereocenters. The van der Waals surface area contributed by atoms with Gasteiger partial charge in [-0.3, -0.25) is 10.1 Å². The number of benzene rings is 1. The smallest absolute Gasteiger partial charge is 0.259 e. The van der Waals surface area contributed by atoms with Gasteiger partial charge in [0.15, 0.2) is 10.7 Å². The number of nitrogens with one attached hydrogen (secondary N) is 1. The van der Waals surface area contributed by atoms with Gasteiger partial charge in [0.2, 0.25) is 0 Å². The van der Waals surface area contributed by atoms with Crippen LogP contribution in [-0.2, 0) is 4.79 Å². The van der Waals surface area contributed by atoms with Crippen molar-refractivity contribution in [1.29, 1.82) is 0 Å². The zero-order valence-electron chi connectivity index (χ0n) is 11.9. The lowest BCUT2D eigenvalue weighted by Gasteiger charge is -2.18. The fraction of sp³-hybridized carbons (Fsp3) is 0.333. The highest BCUT2D eigenvalue weighted by Crippen LogP contribution is 2.33. The van der Waals surface area contributed by atoms with Crippen molar-refractivity contribution >= 4 is 34.1 Å². The van der Waals surface area contributed by atoms with Gasteiger partial charge in [-0.2, -0.15) is 11.8 Å². The van der Waals surface area contributed by atoms with E-state index >= 15 is 0 Å². The maximum absolute atomic E-state index is 13.0. The molecule has 0 aliphatic carbocycles. The van der Waals surface area contributed by atoms with Crippen LogP contribution in [0.4, 0.5) is 9.52 Å². The standard InChI is InChI=1S/C15H15FN2O2S2/c1-9-12(10-2-4-11(16)5-3-10)17-14(22-9)18-13(19)15(20)6-7-21-8-15/h2-5,20H,6-8H2,1H3,(H,17,18,19).